The molecule has 0 bridgehead atoms. The molecular formula is C24H19ClF2O. The third-order valence-electron chi connectivity index (χ3n) is 4.98. The second-order valence-corrected chi connectivity index (χ2v) is 7.55. The second-order valence-electron chi connectivity index (χ2n) is 7.11. The van der Waals surface area contributed by atoms with Crippen molar-refractivity contribution < 1.29 is 13.5 Å². The van der Waals surface area contributed by atoms with Crippen molar-refractivity contribution in [1.29, 1.82) is 0 Å². The smallest absolute Gasteiger partial charge is 0.165 e. The van der Waals surface area contributed by atoms with Crippen molar-refractivity contribution in [3.8, 4) is 11.5 Å². The number of benzene rings is 3. The molecule has 0 atom stereocenters. The van der Waals surface area contributed by atoms with Gasteiger partial charge >= 0.3 is 0 Å². The molecular weight excluding hydrogens is 378 g/mol. The van der Waals surface area contributed by atoms with Gasteiger partial charge in [-0.15, -0.1) is 0 Å². The van der Waals surface area contributed by atoms with E-state index >= 15 is 0 Å². The lowest BCUT2D eigenvalue weighted by Crippen LogP contribution is -2.03. The molecule has 28 heavy (non-hydrogen) atoms. The minimum atomic E-state index is -0.475. The van der Waals surface area contributed by atoms with Gasteiger partial charge in [0, 0.05) is 16.9 Å². The Morgan fingerprint density at radius 2 is 1.71 bits per heavy atom. The molecule has 0 spiro atoms. The van der Waals surface area contributed by atoms with Gasteiger partial charge in [0.15, 0.2) is 11.6 Å². The Morgan fingerprint density at radius 1 is 1.00 bits per heavy atom. The zero-order valence-electron chi connectivity index (χ0n) is 15.2. The quantitative estimate of drug-likeness (QED) is 0.421. The van der Waals surface area contributed by atoms with E-state index in [4.69, 9.17) is 16.3 Å². The fraction of sp³-hybridized carbons (Fsp3) is 0.167. The summed E-state index contributed by atoms with van der Waals surface area (Å²) in [6, 6.07) is 21.0. The Kier molecular flexibility index (Phi) is 5.19. The minimum absolute atomic E-state index is 0.0929. The summed E-state index contributed by atoms with van der Waals surface area (Å²) in [5.41, 5.74) is 1.48. The maximum atomic E-state index is 14.7. The van der Waals surface area contributed by atoms with Crippen LogP contribution in [-0.2, 0) is 11.8 Å². The summed E-state index contributed by atoms with van der Waals surface area (Å²) in [6.45, 7) is 0. The fourth-order valence-corrected chi connectivity index (χ4v) is 3.46. The predicted molar refractivity (Wildman–Crippen MR) is 108 cm³/mol. The van der Waals surface area contributed by atoms with Crippen LogP contribution in [0.2, 0.25) is 5.02 Å². The van der Waals surface area contributed by atoms with Gasteiger partial charge in [0.1, 0.15) is 11.6 Å². The van der Waals surface area contributed by atoms with Crippen molar-refractivity contribution >= 4 is 11.6 Å². The van der Waals surface area contributed by atoms with Crippen molar-refractivity contribution in [2.75, 3.05) is 0 Å². The summed E-state index contributed by atoms with van der Waals surface area (Å²) < 4.78 is 34.4. The average Bonchev–Trinajstić information content (AvgIpc) is 3.46. The molecule has 0 heterocycles. The van der Waals surface area contributed by atoms with Crippen LogP contribution in [0, 0.1) is 5.82 Å². The maximum absolute atomic E-state index is 14.7. The van der Waals surface area contributed by atoms with Crippen LogP contribution in [0.4, 0.5) is 8.78 Å². The average molecular weight is 397 g/mol. The summed E-state index contributed by atoms with van der Waals surface area (Å²) in [5.74, 6) is -0.0777. The molecule has 3 aromatic rings. The molecule has 0 aromatic heterocycles. The van der Waals surface area contributed by atoms with Crippen LogP contribution in [0.3, 0.4) is 0 Å². The molecule has 1 fully saturated rings. The SMILES string of the molecule is FC(=CC1(c2ccc(Cl)cc2)CC1)Cc1ccc(F)c(Oc2ccccc2)c1. The van der Waals surface area contributed by atoms with Gasteiger partial charge in [-0.25, -0.2) is 8.78 Å². The third-order valence-corrected chi connectivity index (χ3v) is 5.23. The first-order chi connectivity index (χ1) is 13.5. The molecule has 0 N–H and O–H groups in total. The molecule has 4 heteroatoms. The number of hydrogen-bond acceptors (Lipinski definition) is 1. The van der Waals surface area contributed by atoms with E-state index in [-0.39, 0.29) is 23.4 Å². The van der Waals surface area contributed by atoms with Crippen LogP contribution in [0.1, 0.15) is 24.0 Å². The number of halogens is 3. The Balaban J connectivity index is 1.51. The highest BCUT2D eigenvalue weighted by Gasteiger charge is 2.42. The first-order valence-electron chi connectivity index (χ1n) is 9.19. The van der Waals surface area contributed by atoms with Crippen LogP contribution >= 0.6 is 11.6 Å². The van der Waals surface area contributed by atoms with E-state index in [1.54, 1.807) is 30.3 Å². The van der Waals surface area contributed by atoms with Gasteiger partial charge in [-0.2, -0.15) is 0 Å². The molecule has 0 saturated heterocycles. The predicted octanol–water partition coefficient (Wildman–Crippen LogP) is 7.40. The van der Waals surface area contributed by atoms with Gasteiger partial charge in [-0.3, -0.25) is 0 Å². The summed E-state index contributed by atoms with van der Waals surface area (Å²) in [4.78, 5) is 0. The maximum Gasteiger partial charge on any atom is 0.165 e. The molecule has 1 aliphatic rings. The van der Waals surface area contributed by atoms with E-state index in [1.807, 2.05) is 42.5 Å². The number of ether oxygens (including phenoxy) is 1. The fourth-order valence-electron chi connectivity index (χ4n) is 3.33. The van der Waals surface area contributed by atoms with E-state index in [0.29, 0.717) is 16.3 Å². The van der Waals surface area contributed by atoms with Crippen molar-refractivity contribution in [2.24, 2.45) is 0 Å². The Labute approximate surface area is 168 Å². The first-order valence-corrected chi connectivity index (χ1v) is 9.56. The molecule has 1 saturated carbocycles. The Hall–Kier alpha value is -2.65. The number of allylic oxidation sites excluding steroid dienone is 2. The highest BCUT2D eigenvalue weighted by Crippen LogP contribution is 2.50. The van der Waals surface area contributed by atoms with Gasteiger partial charge in [-0.05, 0) is 66.4 Å². The lowest BCUT2D eigenvalue weighted by atomic mass is 9.94. The van der Waals surface area contributed by atoms with Crippen LogP contribution in [-0.4, -0.2) is 0 Å². The van der Waals surface area contributed by atoms with Crippen LogP contribution in [0.25, 0.3) is 0 Å². The summed E-state index contributed by atoms with van der Waals surface area (Å²) in [5, 5.41) is 0.668. The summed E-state index contributed by atoms with van der Waals surface area (Å²) >= 11 is 5.95. The summed E-state index contributed by atoms with van der Waals surface area (Å²) in [7, 11) is 0. The highest BCUT2D eigenvalue weighted by atomic mass is 35.5. The van der Waals surface area contributed by atoms with Gasteiger partial charge in [0.2, 0.25) is 0 Å². The lowest BCUT2D eigenvalue weighted by Gasteiger charge is -2.12. The molecule has 0 unspecified atom stereocenters. The van der Waals surface area contributed by atoms with Crippen molar-refractivity contribution in [1.82, 2.24) is 0 Å². The van der Waals surface area contributed by atoms with Gasteiger partial charge in [-0.1, -0.05) is 48.0 Å². The molecule has 0 amide bonds. The molecule has 142 valence electrons. The van der Waals surface area contributed by atoms with Gasteiger partial charge < -0.3 is 4.74 Å². The topological polar surface area (TPSA) is 9.23 Å². The van der Waals surface area contributed by atoms with Gasteiger partial charge in [0.25, 0.3) is 0 Å². The lowest BCUT2D eigenvalue weighted by molar-refractivity contribution is 0.441. The van der Waals surface area contributed by atoms with E-state index in [2.05, 4.69) is 0 Å². The van der Waals surface area contributed by atoms with E-state index < -0.39 is 5.82 Å². The third kappa shape index (κ3) is 4.26. The number of rotatable bonds is 6. The normalized spacial score (nSPS) is 15.3. The van der Waals surface area contributed by atoms with Crippen LogP contribution in [0.15, 0.2) is 84.7 Å². The van der Waals surface area contributed by atoms with E-state index in [9.17, 15) is 8.78 Å². The molecule has 1 aliphatic carbocycles. The Morgan fingerprint density at radius 3 is 2.39 bits per heavy atom. The van der Waals surface area contributed by atoms with Crippen molar-refractivity contribution in [3.05, 3.63) is 107 Å². The molecule has 0 radical (unpaired) electrons. The Bertz CT molecular complexity index is 993. The molecule has 1 nitrogen and oxygen atoms in total. The largest absolute Gasteiger partial charge is 0.454 e. The zero-order valence-corrected chi connectivity index (χ0v) is 15.9. The highest BCUT2D eigenvalue weighted by molar-refractivity contribution is 6.30. The van der Waals surface area contributed by atoms with Crippen molar-refractivity contribution in [3.63, 3.8) is 0 Å². The standard InChI is InChI=1S/C24H19ClF2O/c25-19-9-7-18(8-10-19)24(12-13-24)16-20(26)14-17-6-11-22(27)23(15-17)28-21-4-2-1-3-5-21/h1-11,15-16H,12-14H2. The minimum Gasteiger partial charge on any atom is -0.454 e. The van der Waals surface area contributed by atoms with Crippen molar-refractivity contribution in [2.45, 2.75) is 24.7 Å². The van der Waals surface area contributed by atoms with Crippen LogP contribution < -0.4 is 4.74 Å². The second kappa shape index (κ2) is 7.76. The molecule has 3 aromatic carbocycles. The zero-order chi connectivity index (χ0) is 19.6. The first kappa shape index (κ1) is 18.7. The molecule has 4 rings (SSSR count). The number of para-hydroxylation sites is 1. The monoisotopic (exact) mass is 396 g/mol. The number of hydrogen-bond donors (Lipinski definition) is 0. The molecule has 0 aliphatic heterocycles. The van der Waals surface area contributed by atoms with E-state index in [1.165, 1.54) is 6.07 Å². The van der Waals surface area contributed by atoms with Gasteiger partial charge in [0.05, 0.1) is 0 Å². The van der Waals surface area contributed by atoms with Crippen LogP contribution in [0.5, 0.6) is 11.5 Å². The van der Waals surface area contributed by atoms with E-state index in [0.717, 1.165) is 18.4 Å². The summed E-state index contributed by atoms with van der Waals surface area (Å²) in [6.07, 6.45) is 3.61.